The number of benzene rings is 7. The monoisotopic (exact) mass is 746 g/mol. The van der Waals surface area contributed by atoms with Gasteiger partial charge >= 0.3 is 0 Å². The lowest BCUT2D eigenvalue weighted by Crippen LogP contribution is -2.00. The van der Waals surface area contributed by atoms with Gasteiger partial charge in [0, 0.05) is 54.9 Å². The molecule has 11 aromatic rings. The Morgan fingerprint density at radius 3 is 1.53 bits per heavy atom. The molecule has 0 saturated heterocycles. The van der Waals surface area contributed by atoms with Gasteiger partial charge in [-0.05, 0) is 36.8 Å². The van der Waals surface area contributed by atoms with Crippen molar-refractivity contribution in [2.24, 2.45) is 0 Å². The van der Waals surface area contributed by atoms with Crippen LogP contribution in [-0.4, -0.2) is 19.5 Å². The summed E-state index contributed by atoms with van der Waals surface area (Å²) >= 11 is 0. The summed E-state index contributed by atoms with van der Waals surface area (Å²) in [5.41, 5.74) is 12.0. The Kier molecular flexibility index (Phi) is 7.76. The second kappa shape index (κ2) is 13.4. The van der Waals surface area contributed by atoms with Crippen LogP contribution in [0.15, 0.2) is 185 Å². The van der Waals surface area contributed by atoms with Crippen LogP contribution in [0.3, 0.4) is 0 Å². The van der Waals surface area contributed by atoms with Crippen LogP contribution in [0, 0.1) is 6.92 Å². The number of allylic oxidation sites excluding steroid dienone is 2. The van der Waals surface area contributed by atoms with E-state index in [1.165, 1.54) is 10.9 Å². The molecule has 4 aromatic heterocycles. The molecule has 0 aliphatic rings. The summed E-state index contributed by atoms with van der Waals surface area (Å²) in [5, 5.41) is 5.25. The minimum absolute atomic E-state index is 0.543. The molecule has 0 amide bonds. The summed E-state index contributed by atoms with van der Waals surface area (Å²) in [4.78, 5) is 15.0. The number of rotatable bonds is 7. The van der Waals surface area contributed by atoms with Gasteiger partial charge in [0.25, 0.3) is 0 Å². The van der Waals surface area contributed by atoms with Crippen molar-refractivity contribution in [2.45, 2.75) is 6.92 Å². The lowest BCUT2D eigenvalue weighted by Gasteiger charge is -2.10. The molecule has 0 bridgehead atoms. The number of para-hydroxylation sites is 5. The van der Waals surface area contributed by atoms with Crippen LogP contribution in [0.2, 0.25) is 0 Å². The number of hydrogen-bond acceptors (Lipinski definition) is 5. The van der Waals surface area contributed by atoms with Crippen LogP contribution in [0.5, 0.6) is 0 Å². The second-order valence-corrected chi connectivity index (χ2v) is 14.4. The number of aromatic nitrogens is 4. The molecule has 11 rings (SSSR count). The number of aryl methyl sites for hydroxylation is 1. The maximum absolute atomic E-state index is 7.03. The third-order valence-electron chi connectivity index (χ3n) is 11.1. The fourth-order valence-electron chi connectivity index (χ4n) is 8.37. The molecule has 0 fully saturated rings. The topological polar surface area (TPSA) is 69.9 Å². The van der Waals surface area contributed by atoms with E-state index in [-0.39, 0.29) is 0 Å². The van der Waals surface area contributed by atoms with Gasteiger partial charge in [0.05, 0.1) is 16.8 Å². The molecule has 0 spiro atoms. The molecular weight excluding hydrogens is 713 g/mol. The molecule has 7 aromatic carbocycles. The quantitative estimate of drug-likeness (QED) is 0.152. The van der Waals surface area contributed by atoms with Gasteiger partial charge in [-0.1, -0.05) is 158 Å². The number of hydrogen-bond donors (Lipinski definition) is 0. The van der Waals surface area contributed by atoms with Gasteiger partial charge in [-0.3, -0.25) is 0 Å². The van der Waals surface area contributed by atoms with Crippen molar-refractivity contribution in [3.63, 3.8) is 0 Å². The van der Waals surface area contributed by atoms with Gasteiger partial charge in [0.15, 0.2) is 23.1 Å². The lowest BCUT2D eigenvalue weighted by atomic mass is 9.99. The van der Waals surface area contributed by atoms with Crippen LogP contribution in [0.4, 0.5) is 0 Å². The highest BCUT2D eigenvalue weighted by Gasteiger charge is 2.23. The van der Waals surface area contributed by atoms with Crippen LogP contribution in [0.1, 0.15) is 11.3 Å². The standard InChI is InChI=1S/C52H34N4O2/c1-3-4-29-43-32(2)35-21-11-12-30-44(35)56(43)45-31-16-27-41-40-25-14-23-37(47(40)58-49(41)45)36-22-13-24-38-39-26-15-28-42(48(39)57-46(36)38)52-54-50(33-17-7-5-8-18-33)53-51(55-52)34-19-9-6-10-20-34/h3-31H,1H2,2H3/b29-4-. The van der Waals surface area contributed by atoms with Gasteiger partial charge in [0.1, 0.15) is 16.7 Å². The first-order valence-electron chi connectivity index (χ1n) is 19.3. The molecule has 0 unspecified atom stereocenters. The minimum Gasteiger partial charge on any atom is -0.455 e. The van der Waals surface area contributed by atoms with Crippen molar-refractivity contribution in [3.05, 3.63) is 188 Å². The van der Waals surface area contributed by atoms with Crippen molar-refractivity contribution in [1.82, 2.24) is 19.5 Å². The lowest BCUT2D eigenvalue weighted by molar-refractivity contribution is 0.663. The first kappa shape index (κ1) is 33.5. The Bertz CT molecular complexity index is 3370. The van der Waals surface area contributed by atoms with Gasteiger partial charge in [-0.2, -0.15) is 0 Å². The van der Waals surface area contributed by atoms with Crippen molar-refractivity contribution in [2.75, 3.05) is 0 Å². The smallest absolute Gasteiger partial charge is 0.167 e. The number of fused-ring (bicyclic) bond motifs is 7. The van der Waals surface area contributed by atoms with Gasteiger partial charge in [-0.25, -0.2) is 15.0 Å². The zero-order chi connectivity index (χ0) is 38.7. The fourth-order valence-corrected chi connectivity index (χ4v) is 8.37. The molecule has 6 heteroatoms. The predicted octanol–water partition coefficient (Wildman–Crippen LogP) is 13.8. The molecular formula is C52H34N4O2. The molecule has 0 saturated carbocycles. The summed E-state index contributed by atoms with van der Waals surface area (Å²) < 4.78 is 16.3. The Hall–Kier alpha value is -7.83. The summed E-state index contributed by atoms with van der Waals surface area (Å²) in [6.45, 7) is 6.10. The SMILES string of the molecule is C=C/C=C\c1c(C)c2ccccc2n1-c1cccc2c1oc1c(-c3cccc4c3oc3c(-c5nc(-c6ccccc6)nc(-c6ccccc6)n5)cccc34)cccc12. The largest absolute Gasteiger partial charge is 0.455 e. The first-order chi connectivity index (χ1) is 28.7. The Balaban J connectivity index is 1.12. The van der Waals surface area contributed by atoms with E-state index in [4.69, 9.17) is 23.8 Å². The molecule has 4 heterocycles. The highest BCUT2D eigenvalue weighted by Crippen LogP contribution is 2.44. The van der Waals surface area contributed by atoms with E-state index >= 15 is 0 Å². The maximum Gasteiger partial charge on any atom is 0.167 e. The van der Waals surface area contributed by atoms with E-state index in [0.717, 1.165) is 83.0 Å². The summed E-state index contributed by atoms with van der Waals surface area (Å²) in [7, 11) is 0. The molecule has 58 heavy (non-hydrogen) atoms. The average Bonchev–Trinajstić information content (AvgIpc) is 3.95. The maximum atomic E-state index is 7.03. The van der Waals surface area contributed by atoms with E-state index in [9.17, 15) is 0 Å². The van der Waals surface area contributed by atoms with Crippen molar-refractivity contribution >= 4 is 60.9 Å². The Morgan fingerprint density at radius 2 is 0.931 bits per heavy atom. The third-order valence-corrected chi connectivity index (χ3v) is 11.1. The zero-order valence-electron chi connectivity index (χ0n) is 31.6. The van der Waals surface area contributed by atoms with Crippen molar-refractivity contribution < 1.29 is 8.83 Å². The van der Waals surface area contributed by atoms with E-state index in [0.29, 0.717) is 23.1 Å². The molecule has 0 radical (unpaired) electrons. The highest BCUT2D eigenvalue weighted by molar-refractivity contribution is 6.17. The van der Waals surface area contributed by atoms with E-state index in [1.807, 2.05) is 84.9 Å². The first-order valence-corrected chi connectivity index (χ1v) is 19.3. The normalized spacial score (nSPS) is 11.9. The fraction of sp³-hybridized carbons (Fsp3) is 0.0192. The van der Waals surface area contributed by atoms with Crippen LogP contribution < -0.4 is 0 Å². The van der Waals surface area contributed by atoms with Gasteiger partial charge in [-0.15, -0.1) is 0 Å². The van der Waals surface area contributed by atoms with Crippen molar-refractivity contribution in [1.29, 1.82) is 0 Å². The molecule has 0 atom stereocenters. The van der Waals surface area contributed by atoms with Crippen LogP contribution >= 0.6 is 0 Å². The van der Waals surface area contributed by atoms with E-state index < -0.39 is 0 Å². The Labute approximate surface area is 333 Å². The molecule has 274 valence electrons. The zero-order valence-corrected chi connectivity index (χ0v) is 31.6. The van der Waals surface area contributed by atoms with E-state index in [2.05, 4.69) is 109 Å². The number of furan rings is 2. The second-order valence-electron chi connectivity index (χ2n) is 14.4. The molecule has 0 aliphatic carbocycles. The van der Waals surface area contributed by atoms with Crippen LogP contribution in [-0.2, 0) is 0 Å². The van der Waals surface area contributed by atoms with Gasteiger partial charge < -0.3 is 13.4 Å². The molecule has 6 nitrogen and oxygen atoms in total. The third kappa shape index (κ3) is 5.23. The van der Waals surface area contributed by atoms with Crippen LogP contribution in [0.25, 0.3) is 112 Å². The summed E-state index contributed by atoms with van der Waals surface area (Å²) in [6, 6.07) is 53.8. The number of nitrogens with zero attached hydrogens (tertiary/aromatic N) is 4. The highest BCUT2D eigenvalue weighted by atomic mass is 16.3. The minimum atomic E-state index is 0.543. The van der Waals surface area contributed by atoms with Gasteiger partial charge in [0.2, 0.25) is 0 Å². The summed E-state index contributed by atoms with van der Waals surface area (Å²) in [6.07, 6.45) is 5.91. The Morgan fingerprint density at radius 1 is 0.466 bits per heavy atom. The van der Waals surface area contributed by atoms with E-state index in [1.54, 1.807) is 0 Å². The predicted molar refractivity (Wildman–Crippen MR) is 237 cm³/mol. The molecule has 0 N–H and O–H groups in total. The molecule has 0 aliphatic heterocycles. The van der Waals surface area contributed by atoms with Crippen molar-refractivity contribution in [3.8, 4) is 51.0 Å². The summed E-state index contributed by atoms with van der Waals surface area (Å²) in [5.74, 6) is 1.74. The average molecular weight is 747 g/mol.